The van der Waals surface area contributed by atoms with Gasteiger partial charge in [0.1, 0.15) is 16.8 Å². The van der Waals surface area contributed by atoms with Gasteiger partial charge in [0.25, 0.3) is 0 Å². The van der Waals surface area contributed by atoms with Gasteiger partial charge in [0.15, 0.2) is 0 Å². The average molecular weight is 284 g/mol. The number of hydrazine groups is 1. The van der Waals surface area contributed by atoms with Gasteiger partial charge < -0.3 is 0 Å². The van der Waals surface area contributed by atoms with Crippen LogP contribution < -0.4 is 11.3 Å². The minimum atomic E-state index is -0.606. The van der Waals surface area contributed by atoms with E-state index >= 15 is 0 Å². The smallest absolute Gasteiger partial charge is 0.129 e. The number of nitrogens with zero attached hydrogens (tertiary/aromatic N) is 1. The molecule has 0 aliphatic carbocycles. The number of hydrogen-bond donors (Lipinski definition) is 2. The molecule has 1 unspecified atom stereocenters. The van der Waals surface area contributed by atoms with Gasteiger partial charge in [0.2, 0.25) is 0 Å². The Labute approximate surface area is 114 Å². The predicted octanol–water partition coefficient (Wildman–Crippen LogP) is 2.76. The number of halogens is 3. The number of hydrogen-bond acceptors (Lipinski definition) is 3. The summed E-state index contributed by atoms with van der Waals surface area (Å²) in [5.41, 5.74) is 3.75. The van der Waals surface area contributed by atoms with Crippen molar-refractivity contribution in [3.63, 3.8) is 0 Å². The highest BCUT2D eigenvalue weighted by Crippen LogP contribution is 2.21. The van der Waals surface area contributed by atoms with E-state index in [9.17, 15) is 8.78 Å². The maximum Gasteiger partial charge on any atom is 0.129 e. The summed E-state index contributed by atoms with van der Waals surface area (Å²) < 4.78 is 26.4. The lowest BCUT2D eigenvalue weighted by Crippen LogP contribution is -2.29. The van der Waals surface area contributed by atoms with Gasteiger partial charge in [0.05, 0.1) is 6.04 Å². The highest BCUT2D eigenvalue weighted by Gasteiger charge is 2.14. The van der Waals surface area contributed by atoms with Crippen molar-refractivity contribution in [1.82, 2.24) is 10.4 Å². The molecule has 19 heavy (non-hydrogen) atoms. The zero-order valence-electron chi connectivity index (χ0n) is 9.91. The number of benzene rings is 1. The molecule has 1 aromatic heterocycles. The van der Waals surface area contributed by atoms with Crippen molar-refractivity contribution in [3.8, 4) is 0 Å². The maximum absolute atomic E-state index is 13.6. The SMILES string of the molecule is NNC(Cc1ccc(F)cc1F)c1ccnc(Cl)c1. The van der Waals surface area contributed by atoms with Crippen molar-refractivity contribution in [3.05, 3.63) is 64.4 Å². The van der Waals surface area contributed by atoms with E-state index in [1.165, 1.54) is 12.1 Å². The molecule has 3 N–H and O–H groups in total. The second-order valence-electron chi connectivity index (χ2n) is 4.07. The second-order valence-corrected chi connectivity index (χ2v) is 4.46. The van der Waals surface area contributed by atoms with Crippen LogP contribution in [0.3, 0.4) is 0 Å². The van der Waals surface area contributed by atoms with Crippen molar-refractivity contribution >= 4 is 11.6 Å². The zero-order chi connectivity index (χ0) is 13.8. The van der Waals surface area contributed by atoms with E-state index in [1.807, 2.05) is 0 Å². The van der Waals surface area contributed by atoms with Crippen LogP contribution in [0.1, 0.15) is 17.2 Å². The maximum atomic E-state index is 13.6. The molecule has 100 valence electrons. The third kappa shape index (κ3) is 3.47. The Kier molecular flexibility index (Phi) is 4.42. The number of nitrogens with two attached hydrogens (primary N) is 1. The topological polar surface area (TPSA) is 50.9 Å². The van der Waals surface area contributed by atoms with Gasteiger partial charge in [-0.15, -0.1) is 0 Å². The summed E-state index contributed by atoms with van der Waals surface area (Å²) in [4.78, 5) is 3.87. The molecule has 6 heteroatoms. The summed E-state index contributed by atoms with van der Waals surface area (Å²) in [6, 6.07) is 6.51. The molecule has 0 aliphatic rings. The Hall–Kier alpha value is -1.56. The van der Waals surface area contributed by atoms with Crippen LogP contribution in [-0.2, 0) is 6.42 Å². The molecule has 1 heterocycles. The van der Waals surface area contributed by atoms with Crippen LogP contribution in [0.25, 0.3) is 0 Å². The molecule has 1 atom stereocenters. The Morgan fingerprint density at radius 3 is 2.68 bits per heavy atom. The first-order valence-corrected chi connectivity index (χ1v) is 5.99. The fourth-order valence-corrected chi connectivity index (χ4v) is 2.00. The summed E-state index contributed by atoms with van der Waals surface area (Å²) in [6.45, 7) is 0. The molecule has 0 saturated heterocycles. The summed E-state index contributed by atoms with van der Waals surface area (Å²) >= 11 is 5.80. The summed E-state index contributed by atoms with van der Waals surface area (Å²) in [5.74, 6) is 4.27. The Balaban J connectivity index is 2.24. The molecule has 0 aliphatic heterocycles. The highest BCUT2D eigenvalue weighted by atomic mass is 35.5. The van der Waals surface area contributed by atoms with Crippen LogP contribution in [-0.4, -0.2) is 4.98 Å². The molecule has 2 rings (SSSR count). The molecule has 3 nitrogen and oxygen atoms in total. The minimum Gasteiger partial charge on any atom is -0.271 e. The van der Waals surface area contributed by atoms with Crippen molar-refractivity contribution in [2.75, 3.05) is 0 Å². The van der Waals surface area contributed by atoms with Crippen LogP contribution >= 0.6 is 11.6 Å². The first-order chi connectivity index (χ1) is 9.10. The molecule has 2 aromatic rings. The standard InChI is InChI=1S/C13H12ClF2N3/c14-13-6-9(3-4-18-13)12(19-17)5-8-1-2-10(15)7-11(8)16/h1-4,6-7,12,19H,5,17H2. The predicted molar refractivity (Wildman–Crippen MR) is 69.4 cm³/mol. The normalized spacial score (nSPS) is 12.4. The molecule has 0 spiro atoms. The van der Waals surface area contributed by atoms with Gasteiger partial charge in [-0.05, 0) is 35.7 Å². The van der Waals surface area contributed by atoms with E-state index in [4.69, 9.17) is 17.4 Å². The number of rotatable bonds is 4. The van der Waals surface area contributed by atoms with Crippen LogP contribution in [0.4, 0.5) is 8.78 Å². The molecule has 1 aromatic carbocycles. The number of pyridine rings is 1. The van der Waals surface area contributed by atoms with Crippen molar-refractivity contribution < 1.29 is 8.78 Å². The largest absolute Gasteiger partial charge is 0.271 e. The lowest BCUT2D eigenvalue weighted by molar-refractivity contribution is 0.521. The number of aromatic nitrogens is 1. The van der Waals surface area contributed by atoms with E-state index < -0.39 is 11.6 Å². The van der Waals surface area contributed by atoms with E-state index in [1.54, 1.807) is 18.3 Å². The lowest BCUT2D eigenvalue weighted by atomic mass is 10.00. The van der Waals surface area contributed by atoms with Crippen molar-refractivity contribution in [2.24, 2.45) is 5.84 Å². The summed E-state index contributed by atoms with van der Waals surface area (Å²) in [7, 11) is 0. The second kappa shape index (κ2) is 6.06. The van der Waals surface area contributed by atoms with Gasteiger partial charge in [-0.25, -0.2) is 13.8 Å². The summed E-state index contributed by atoms with van der Waals surface area (Å²) in [5, 5.41) is 0.331. The Bertz CT molecular complexity index is 578. The van der Waals surface area contributed by atoms with Crippen molar-refractivity contribution in [2.45, 2.75) is 12.5 Å². The van der Waals surface area contributed by atoms with E-state index in [0.717, 1.165) is 11.6 Å². The quantitative estimate of drug-likeness (QED) is 0.515. The molecule has 0 amide bonds. The van der Waals surface area contributed by atoms with Crippen LogP contribution in [0, 0.1) is 11.6 Å². The third-order valence-electron chi connectivity index (χ3n) is 2.79. The molecule has 0 radical (unpaired) electrons. The zero-order valence-corrected chi connectivity index (χ0v) is 10.7. The molecule has 0 saturated carbocycles. The number of nitrogens with one attached hydrogen (secondary N) is 1. The van der Waals surface area contributed by atoms with Crippen LogP contribution in [0.2, 0.25) is 5.15 Å². The van der Waals surface area contributed by atoms with Gasteiger partial charge >= 0.3 is 0 Å². The molecular formula is C13H12ClF2N3. The fourth-order valence-electron chi connectivity index (χ4n) is 1.81. The first-order valence-electron chi connectivity index (χ1n) is 5.61. The minimum absolute atomic E-state index is 0.281. The first kappa shape index (κ1) is 13.9. The summed E-state index contributed by atoms with van der Waals surface area (Å²) in [6.07, 6.45) is 1.83. The molecular weight excluding hydrogens is 272 g/mol. The average Bonchev–Trinajstić information content (AvgIpc) is 2.38. The van der Waals surface area contributed by atoms with Crippen LogP contribution in [0.15, 0.2) is 36.5 Å². The van der Waals surface area contributed by atoms with Gasteiger partial charge in [-0.1, -0.05) is 17.7 Å². The van der Waals surface area contributed by atoms with Crippen LogP contribution in [0.5, 0.6) is 0 Å². The van der Waals surface area contributed by atoms with E-state index in [2.05, 4.69) is 10.4 Å². The Morgan fingerprint density at radius 1 is 1.26 bits per heavy atom. The van der Waals surface area contributed by atoms with E-state index in [0.29, 0.717) is 10.7 Å². The fraction of sp³-hybridized carbons (Fsp3) is 0.154. The third-order valence-corrected chi connectivity index (χ3v) is 3.00. The highest BCUT2D eigenvalue weighted by molar-refractivity contribution is 6.29. The lowest BCUT2D eigenvalue weighted by Gasteiger charge is -2.16. The van der Waals surface area contributed by atoms with Gasteiger partial charge in [-0.3, -0.25) is 11.3 Å². The van der Waals surface area contributed by atoms with Gasteiger partial charge in [-0.2, -0.15) is 0 Å². The van der Waals surface area contributed by atoms with Crippen molar-refractivity contribution in [1.29, 1.82) is 0 Å². The molecule has 0 bridgehead atoms. The van der Waals surface area contributed by atoms with Gasteiger partial charge in [0, 0.05) is 12.3 Å². The molecule has 0 fully saturated rings. The van der Waals surface area contributed by atoms with E-state index in [-0.39, 0.29) is 12.5 Å². The monoisotopic (exact) mass is 283 g/mol. The Morgan fingerprint density at radius 2 is 2.05 bits per heavy atom.